The Morgan fingerprint density at radius 1 is 1.04 bits per heavy atom. The summed E-state index contributed by atoms with van der Waals surface area (Å²) >= 11 is 0. The lowest BCUT2D eigenvalue weighted by Crippen LogP contribution is -2.35. The monoisotopic (exact) mass is 360 g/mol. The summed E-state index contributed by atoms with van der Waals surface area (Å²) < 4.78 is 4.80. The van der Waals surface area contributed by atoms with Crippen molar-refractivity contribution in [3.8, 4) is 11.3 Å². The second kappa shape index (κ2) is 7.78. The molecular weight excluding hydrogens is 336 g/mol. The number of hydrogen-bond acceptors (Lipinski definition) is 4. The lowest BCUT2D eigenvalue weighted by molar-refractivity contribution is -0.141. The molecule has 0 spiro atoms. The van der Waals surface area contributed by atoms with Crippen molar-refractivity contribution < 1.29 is 9.53 Å². The highest BCUT2D eigenvalue weighted by molar-refractivity contribution is 5.95. The van der Waals surface area contributed by atoms with Gasteiger partial charge < -0.3 is 9.64 Å². The summed E-state index contributed by atoms with van der Waals surface area (Å²) in [6, 6.07) is 21.0. The summed E-state index contributed by atoms with van der Waals surface area (Å²) in [6.07, 6.45) is 2.51. The maximum atomic E-state index is 11.5. The average Bonchev–Trinajstić information content (AvgIpc) is 2.74. The van der Waals surface area contributed by atoms with Crippen molar-refractivity contribution in [3.05, 3.63) is 60.7 Å². The second-order valence-electron chi connectivity index (χ2n) is 7.12. The lowest BCUT2D eigenvalue weighted by Gasteiger charge is -2.32. The van der Waals surface area contributed by atoms with Gasteiger partial charge in [-0.05, 0) is 41.7 Å². The molecule has 1 fully saturated rings. The molecule has 0 amide bonds. The number of esters is 1. The zero-order valence-electron chi connectivity index (χ0n) is 15.6. The zero-order valence-corrected chi connectivity index (χ0v) is 15.6. The first-order chi connectivity index (χ1) is 13.2. The largest absolute Gasteiger partial charge is 0.469 e. The van der Waals surface area contributed by atoms with Gasteiger partial charge in [-0.15, -0.1) is 0 Å². The molecule has 0 saturated carbocycles. The summed E-state index contributed by atoms with van der Waals surface area (Å²) in [4.78, 5) is 18.8. The molecular formula is C23H24N2O2. The summed E-state index contributed by atoms with van der Waals surface area (Å²) in [5, 5.41) is 2.45. The van der Waals surface area contributed by atoms with E-state index in [1.165, 1.54) is 17.9 Å². The third-order valence-electron chi connectivity index (χ3n) is 5.42. The highest BCUT2D eigenvalue weighted by Crippen LogP contribution is 2.30. The van der Waals surface area contributed by atoms with E-state index >= 15 is 0 Å². The van der Waals surface area contributed by atoms with Gasteiger partial charge in [-0.1, -0.05) is 48.5 Å². The molecule has 138 valence electrons. The minimum absolute atomic E-state index is 0.107. The van der Waals surface area contributed by atoms with E-state index in [4.69, 9.17) is 9.72 Å². The van der Waals surface area contributed by atoms with E-state index in [-0.39, 0.29) is 5.97 Å². The maximum absolute atomic E-state index is 11.5. The Balaban J connectivity index is 1.54. The van der Waals surface area contributed by atoms with Gasteiger partial charge in [0.2, 0.25) is 0 Å². The number of rotatable bonds is 4. The number of fused-ring (bicyclic) bond motifs is 1. The van der Waals surface area contributed by atoms with Crippen LogP contribution in [-0.4, -0.2) is 31.2 Å². The molecule has 0 N–H and O–H groups in total. The van der Waals surface area contributed by atoms with E-state index < -0.39 is 0 Å². The van der Waals surface area contributed by atoms with Gasteiger partial charge in [-0.2, -0.15) is 0 Å². The molecule has 2 heterocycles. The van der Waals surface area contributed by atoms with Crippen LogP contribution in [0.1, 0.15) is 19.3 Å². The Bertz CT molecular complexity index is 941. The Kier molecular flexibility index (Phi) is 5.05. The number of carbonyl (C=O) groups is 1. The zero-order chi connectivity index (χ0) is 18.6. The van der Waals surface area contributed by atoms with Crippen LogP contribution in [0.25, 0.3) is 22.0 Å². The minimum Gasteiger partial charge on any atom is -0.469 e. The van der Waals surface area contributed by atoms with E-state index in [0.717, 1.165) is 43.0 Å². The van der Waals surface area contributed by atoms with Gasteiger partial charge in [0.25, 0.3) is 0 Å². The standard InChI is InChI=1S/C23H24N2O2/c1-27-23(26)16-17-12-14-25(15-13-17)22-11-5-10-21(24-22)20-9-4-7-18-6-2-3-8-19(18)20/h2-11,17H,12-16H2,1H3. The van der Waals surface area contributed by atoms with Crippen molar-refractivity contribution in [2.75, 3.05) is 25.1 Å². The second-order valence-corrected chi connectivity index (χ2v) is 7.12. The molecule has 0 bridgehead atoms. The third kappa shape index (κ3) is 3.80. The normalized spacial score (nSPS) is 15.1. The Labute approximate surface area is 159 Å². The minimum atomic E-state index is -0.107. The van der Waals surface area contributed by atoms with Crippen LogP contribution in [0.5, 0.6) is 0 Å². The molecule has 4 heteroatoms. The number of pyridine rings is 1. The molecule has 1 saturated heterocycles. The van der Waals surface area contributed by atoms with Gasteiger partial charge in [0.1, 0.15) is 5.82 Å². The van der Waals surface area contributed by atoms with Gasteiger partial charge in [0.05, 0.1) is 12.8 Å². The van der Waals surface area contributed by atoms with Crippen LogP contribution in [0.2, 0.25) is 0 Å². The molecule has 3 aromatic rings. The fraction of sp³-hybridized carbons (Fsp3) is 0.304. The molecule has 0 radical (unpaired) electrons. The van der Waals surface area contributed by atoms with E-state index in [0.29, 0.717) is 12.3 Å². The summed E-state index contributed by atoms with van der Waals surface area (Å²) in [7, 11) is 1.46. The molecule has 1 aliphatic rings. The summed E-state index contributed by atoms with van der Waals surface area (Å²) in [6.45, 7) is 1.85. The number of nitrogens with zero attached hydrogens (tertiary/aromatic N) is 2. The van der Waals surface area contributed by atoms with Gasteiger partial charge >= 0.3 is 5.97 Å². The smallest absolute Gasteiger partial charge is 0.305 e. The first-order valence-electron chi connectivity index (χ1n) is 9.51. The van der Waals surface area contributed by atoms with Crippen molar-refractivity contribution in [2.45, 2.75) is 19.3 Å². The van der Waals surface area contributed by atoms with E-state index in [1.54, 1.807) is 0 Å². The Morgan fingerprint density at radius 2 is 1.78 bits per heavy atom. The molecule has 4 nitrogen and oxygen atoms in total. The number of ether oxygens (including phenoxy) is 1. The molecule has 0 aliphatic carbocycles. The van der Waals surface area contributed by atoms with Crippen molar-refractivity contribution in [3.63, 3.8) is 0 Å². The predicted octanol–water partition coefficient (Wildman–Crippen LogP) is 4.68. The predicted molar refractivity (Wildman–Crippen MR) is 109 cm³/mol. The molecule has 1 aromatic heterocycles. The Hall–Kier alpha value is -2.88. The summed E-state index contributed by atoms with van der Waals surface area (Å²) in [5.41, 5.74) is 2.16. The molecule has 4 rings (SSSR count). The van der Waals surface area contributed by atoms with Gasteiger partial charge in [-0.3, -0.25) is 4.79 Å². The van der Waals surface area contributed by atoms with Crippen LogP contribution in [0.4, 0.5) is 5.82 Å². The fourth-order valence-electron chi connectivity index (χ4n) is 3.88. The number of benzene rings is 2. The number of carbonyl (C=O) groups excluding carboxylic acids is 1. The van der Waals surface area contributed by atoms with Crippen LogP contribution in [0.3, 0.4) is 0 Å². The lowest BCUT2D eigenvalue weighted by atomic mass is 9.93. The SMILES string of the molecule is COC(=O)CC1CCN(c2cccc(-c3cccc4ccccc34)n2)CC1. The van der Waals surface area contributed by atoms with Crippen molar-refractivity contribution in [1.82, 2.24) is 4.98 Å². The van der Waals surface area contributed by atoms with Gasteiger partial charge in [-0.25, -0.2) is 4.98 Å². The van der Waals surface area contributed by atoms with Crippen LogP contribution < -0.4 is 4.90 Å². The molecule has 1 aliphatic heterocycles. The van der Waals surface area contributed by atoms with Crippen LogP contribution in [0, 0.1) is 5.92 Å². The number of piperidine rings is 1. The fourth-order valence-corrected chi connectivity index (χ4v) is 3.88. The first-order valence-corrected chi connectivity index (χ1v) is 9.51. The third-order valence-corrected chi connectivity index (χ3v) is 5.42. The van der Waals surface area contributed by atoms with Crippen LogP contribution in [0.15, 0.2) is 60.7 Å². The first kappa shape index (κ1) is 17.5. The highest BCUT2D eigenvalue weighted by Gasteiger charge is 2.22. The molecule has 0 atom stereocenters. The highest BCUT2D eigenvalue weighted by atomic mass is 16.5. The molecule has 0 unspecified atom stereocenters. The summed E-state index contributed by atoms with van der Waals surface area (Å²) in [5.74, 6) is 1.32. The van der Waals surface area contributed by atoms with E-state index in [9.17, 15) is 4.79 Å². The van der Waals surface area contributed by atoms with Crippen molar-refractivity contribution in [2.24, 2.45) is 5.92 Å². The Morgan fingerprint density at radius 3 is 2.59 bits per heavy atom. The molecule has 2 aromatic carbocycles. The number of anilines is 1. The van der Waals surface area contributed by atoms with Crippen molar-refractivity contribution >= 4 is 22.6 Å². The number of aromatic nitrogens is 1. The quantitative estimate of drug-likeness (QED) is 0.634. The maximum Gasteiger partial charge on any atom is 0.305 e. The van der Waals surface area contributed by atoms with Gasteiger partial charge in [0, 0.05) is 25.1 Å². The number of methoxy groups -OCH3 is 1. The van der Waals surface area contributed by atoms with Crippen LogP contribution >= 0.6 is 0 Å². The van der Waals surface area contributed by atoms with Crippen molar-refractivity contribution in [1.29, 1.82) is 0 Å². The van der Waals surface area contributed by atoms with E-state index in [1.807, 2.05) is 0 Å². The van der Waals surface area contributed by atoms with Gasteiger partial charge in [0.15, 0.2) is 0 Å². The average molecular weight is 360 g/mol. The number of hydrogen-bond donors (Lipinski definition) is 0. The topological polar surface area (TPSA) is 42.4 Å². The van der Waals surface area contributed by atoms with E-state index in [2.05, 4.69) is 65.6 Å². The molecule has 27 heavy (non-hydrogen) atoms. The van der Waals surface area contributed by atoms with Crippen LogP contribution in [-0.2, 0) is 9.53 Å².